The minimum absolute atomic E-state index is 0.141. The molecule has 0 N–H and O–H groups in total. The Labute approximate surface area is 155 Å². The lowest BCUT2D eigenvalue weighted by atomic mass is 10.1. The van der Waals surface area contributed by atoms with Gasteiger partial charge < -0.3 is 14.5 Å². The molecule has 2 heterocycles. The number of ether oxygens (including phenoxy) is 1. The molecule has 3 rings (SSSR count). The molecule has 0 spiro atoms. The number of nitrogens with zero attached hydrogens (tertiary/aromatic N) is 2. The highest BCUT2D eigenvalue weighted by Crippen LogP contribution is 2.40. The van der Waals surface area contributed by atoms with Crippen molar-refractivity contribution in [1.29, 1.82) is 0 Å². The molecule has 138 valence electrons. The van der Waals surface area contributed by atoms with Crippen molar-refractivity contribution < 1.29 is 9.53 Å². The zero-order chi connectivity index (χ0) is 17.6. The van der Waals surface area contributed by atoms with Gasteiger partial charge in [-0.05, 0) is 76.9 Å². The van der Waals surface area contributed by atoms with Gasteiger partial charge in [0.15, 0.2) is 0 Å². The predicted octanol–water partition coefficient (Wildman–Crippen LogP) is 3.92. The number of hydrogen-bond acceptors (Lipinski definition) is 4. The first kappa shape index (κ1) is 18.6. The first-order valence-corrected chi connectivity index (χ1v) is 10.6. The molecule has 1 atom stereocenters. The summed E-state index contributed by atoms with van der Waals surface area (Å²) in [5.74, 6) is 1.75. The van der Waals surface area contributed by atoms with Gasteiger partial charge in [0.05, 0.1) is 12.4 Å². The van der Waals surface area contributed by atoms with E-state index in [-0.39, 0.29) is 17.3 Å². The lowest BCUT2D eigenvalue weighted by Crippen LogP contribution is -2.34. The number of benzene rings is 1. The highest BCUT2D eigenvalue weighted by Gasteiger charge is 2.34. The van der Waals surface area contributed by atoms with E-state index in [2.05, 4.69) is 30.9 Å². The average Bonchev–Trinajstić information content (AvgIpc) is 3.24. The molecular weight excluding hydrogens is 332 g/mol. The Balaban J connectivity index is 1.43. The van der Waals surface area contributed by atoms with E-state index in [1.54, 1.807) is 11.8 Å². The summed E-state index contributed by atoms with van der Waals surface area (Å²) in [6, 6.07) is 8.52. The van der Waals surface area contributed by atoms with Gasteiger partial charge in [0, 0.05) is 6.04 Å². The van der Waals surface area contributed by atoms with Gasteiger partial charge in [-0.3, -0.25) is 4.79 Å². The standard InChI is InChI=1S/C20H30N2O2S/c1-16(2)22-19(23)15-25-20(22)17-7-9-18(10-8-17)24-14-6-5-13-21-11-3-4-12-21/h7-10,16,20H,3-6,11-15H2,1-2H3. The second-order valence-electron chi connectivity index (χ2n) is 7.23. The second kappa shape index (κ2) is 8.95. The Hall–Kier alpha value is -1.20. The zero-order valence-electron chi connectivity index (χ0n) is 15.4. The van der Waals surface area contributed by atoms with Crippen molar-refractivity contribution in [2.45, 2.75) is 50.9 Å². The molecular formula is C20H30N2O2S. The maximum absolute atomic E-state index is 12.0. The number of rotatable bonds is 8. The molecule has 1 aromatic carbocycles. The van der Waals surface area contributed by atoms with Crippen molar-refractivity contribution in [2.75, 3.05) is 32.0 Å². The van der Waals surface area contributed by atoms with Crippen LogP contribution in [0.4, 0.5) is 0 Å². The zero-order valence-corrected chi connectivity index (χ0v) is 16.3. The Bertz CT molecular complexity index is 555. The molecule has 1 unspecified atom stereocenters. The van der Waals surface area contributed by atoms with Gasteiger partial charge in [0.2, 0.25) is 5.91 Å². The molecule has 5 heteroatoms. The second-order valence-corrected chi connectivity index (χ2v) is 8.30. The molecule has 1 aromatic rings. The van der Waals surface area contributed by atoms with Gasteiger partial charge in [-0.25, -0.2) is 0 Å². The maximum Gasteiger partial charge on any atom is 0.234 e. The van der Waals surface area contributed by atoms with Crippen LogP contribution >= 0.6 is 11.8 Å². The fraction of sp³-hybridized carbons (Fsp3) is 0.650. The van der Waals surface area contributed by atoms with Crippen molar-refractivity contribution in [3.8, 4) is 5.75 Å². The summed E-state index contributed by atoms with van der Waals surface area (Å²) in [4.78, 5) is 16.6. The van der Waals surface area contributed by atoms with Gasteiger partial charge in [0.1, 0.15) is 11.1 Å². The highest BCUT2D eigenvalue weighted by atomic mass is 32.2. The molecule has 1 amide bonds. The van der Waals surface area contributed by atoms with Crippen LogP contribution in [0.5, 0.6) is 5.75 Å². The van der Waals surface area contributed by atoms with Crippen LogP contribution in [0.2, 0.25) is 0 Å². The minimum atomic E-state index is 0.141. The fourth-order valence-corrected chi connectivity index (χ4v) is 4.93. The van der Waals surface area contributed by atoms with Crippen molar-refractivity contribution in [2.24, 2.45) is 0 Å². The molecule has 2 aliphatic heterocycles. The van der Waals surface area contributed by atoms with Crippen molar-refractivity contribution >= 4 is 17.7 Å². The van der Waals surface area contributed by atoms with Crippen LogP contribution in [0.3, 0.4) is 0 Å². The molecule has 25 heavy (non-hydrogen) atoms. The Morgan fingerprint density at radius 3 is 2.56 bits per heavy atom. The number of likely N-dealkylation sites (tertiary alicyclic amines) is 1. The van der Waals surface area contributed by atoms with Crippen molar-refractivity contribution in [3.05, 3.63) is 29.8 Å². The summed E-state index contributed by atoms with van der Waals surface area (Å²) in [6.07, 6.45) is 5.04. The van der Waals surface area contributed by atoms with E-state index in [4.69, 9.17) is 4.74 Å². The van der Waals surface area contributed by atoms with E-state index < -0.39 is 0 Å². The van der Waals surface area contributed by atoms with Crippen LogP contribution < -0.4 is 4.74 Å². The molecule has 0 bridgehead atoms. The monoisotopic (exact) mass is 362 g/mol. The number of unbranched alkanes of at least 4 members (excludes halogenated alkanes) is 1. The van der Waals surface area contributed by atoms with Crippen LogP contribution in [0, 0.1) is 0 Å². The molecule has 2 saturated heterocycles. The van der Waals surface area contributed by atoms with Gasteiger partial charge in [-0.2, -0.15) is 0 Å². The van der Waals surface area contributed by atoms with E-state index in [0.717, 1.165) is 18.8 Å². The summed E-state index contributed by atoms with van der Waals surface area (Å²) in [6.45, 7) is 8.70. The molecule has 0 aliphatic carbocycles. The van der Waals surface area contributed by atoms with Crippen LogP contribution in [0.25, 0.3) is 0 Å². The van der Waals surface area contributed by atoms with E-state index in [1.165, 1.54) is 44.5 Å². The Morgan fingerprint density at radius 1 is 1.16 bits per heavy atom. The highest BCUT2D eigenvalue weighted by molar-refractivity contribution is 8.00. The van der Waals surface area contributed by atoms with Crippen LogP contribution in [-0.2, 0) is 4.79 Å². The SMILES string of the molecule is CC(C)N1C(=O)CSC1c1ccc(OCCCCN2CCCC2)cc1. The van der Waals surface area contributed by atoms with E-state index in [0.29, 0.717) is 5.75 Å². The predicted molar refractivity (Wildman–Crippen MR) is 104 cm³/mol. The Morgan fingerprint density at radius 2 is 1.88 bits per heavy atom. The minimum Gasteiger partial charge on any atom is -0.494 e. The van der Waals surface area contributed by atoms with Crippen molar-refractivity contribution in [1.82, 2.24) is 9.80 Å². The first-order valence-electron chi connectivity index (χ1n) is 9.53. The average molecular weight is 363 g/mol. The summed E-state index contributed by atoms with van der Waals surface area (Å²) >= 11 is 1.71. The lowest BCUT2D eigenvalue weighted by molar-refractivity contribution is -0.129. The molecule has 4 nitrogen and oxygen atoms in total. The van der Waals surface area contributed by atoms with Gasteiger partial charge in [0.25, 0.3) is 0 Å². The van der Waals surface area contributed by atoms with E-state index >= 15 is 0 Å². The van der Waals surface area contributed by atoms with E-state index in [1.807, 2.05) is 17.0 Å². The third kappa shape index (κ3) is 4.91. The van der Waals surface area contributed by atoms with Gasteiger partial charge in [-0.15, -0.1) is 11.8 Å². The van der Waals surface area contributed by atoms with Crippen LogP contribution in [0.1, 0.15) is 50.5 Å². The number of hydrogen-bond donors (Lipinski definition) is 0. The molecule has 0 saturated carbocycles. The summed E-state index contributed by atoms with van der Waals surface area (Å²) in [5, 5.41) is 0.141. The number of carbonyl (C=O) groups is 1. The topological polar surface area (TPSA) is 32.8 Å². The smallest absolute Gasteiger partial charge is 0.234 e. The summed E-state index contributed by atoms with van der Waals surface area (Å²) < 4.78 is 5.88. The molecule has 0 aromatic heterocycles. The normalized spacial score (nSPS) is 21.5. The third-order valence-electron chi connectivity index (χ3n) is 4.96. The van der Waals surface area contributed by atoms with E-state index in [9.17, 15) is 4.79 Å². The number of thioether (sulfide) groups is 1. The summed E-state index contributed by atoms with van der Waals surface area (Å²) in [5.41, 5.74) is 1.19. The van der Waals surface area contributed by atoms with Crippen molar-refractivity contribution in [3.63, 3.8) is 0 Å². The Kier molecular flexibility index (Phi) is 6.65. The maximum atomic E-state index is 12.0. The quantitative estimate of drug-likeness (QED) is 0.656. The third-order valence-corrected chi connectivity index (χ3v) is 6.19. The lowest BCUT2D eigenvalue weighted by Gasteiger charge is -2.28. The van der Waals surface area contributed by atoms with Crippen LogP contribution in [-0.4, -0.2) is 53.7 Å². The molecule has 2 fully saturated rings. The number of amides is 1. The largest absolute Gasteiger partial charge is 0.494 e. The summed E-state index contributed by atoms with van der Waals surface area (Å²) in [7, 11) is 0. The fourth-order valence-electron chi connectivity index (χ4n) is 3.61. The van der Waals surface area contributed by atoms with Crippen LogP contribution in [0.15, 0.2) is 24.3 Å². The molecule has 2 aliphatic rings. The van der Waals surface area contributed by atoms with Gasteiger partial charge in [-0.1, -0.05) is 12.1 Å². The first-order chi connectivity index (χ1) is 12.1. The molecule has 0 radical (unpaired) electrons. The number of carbonyl (C=O) groups excluding carboxylic acids is 1. The van der Waals surface area contributed by atoms with Gasteiger partial charge >= 0.3 is 0 Å².